The SMILES string of the molecule is CCCCC[CH2][Al]([C](=O)C(C)C)[C](=O)C(C)C. The fourth-order valence-corrected chi connectivity index (χ4v) is 5.16. The Kier molecular flexibility index (Phi) is 8.82. The van der Waals surface area contributed by atoms with E-state index < -0.39 is 14.1 Å². The minimum atomic E-state index is -1.86. The molecule has 0 amide bonds. The summed E-state index contributed by atoms with van der Waals surface area (Å²) in [4.78, 5) is 24.2. The van der Waals surface area contributed by atoms with Crippen molar-refractivity contribution < 1.29 is 9.59 Å². The summed E-state index contributed by atoms with van der Waals surface area (Å²) in [5.41, 5.74) is 0. The largest absolute Gasteiger partial charge is 0.462 e. The summed E-state index contributed by atoms with van der Waals surface area (Å²) >= 11 is -1.86. The normalized spacial score (nSPS) is 11.0. The first-order valence-electron chi connectivity index (χ1n) is 6.99. The maximum absolute atomic E-state index is 12.1. The van der Waals surface area contributed by atoms with Crippen molar-refractivity contribution in [3.63, 3.8) is 0 Å². The molecule has 0 aromatic rings. The maximum atomic E-state index is 12.1. The van der Waals surface area contributed by atoms with Crippen LogP contribution in [0.25, 0.3) is 0 Å². The monoisotopic (exact) mass is 254 g/mol. The molecule has 0 heterocycles. The summed E-state index contributed by atoms with van der Waals surface area (Å²) in [6, 6.07) is 0. The zero-order chi connectivity index (χ0) is 13.4. The standard InChI is InChI=1S/C6H13.2C4H7O.Al/c1-3-5-6-4-2;2*1-4(2)3-5;/h1,3-6H2,2H3;2*4H,1-2H3;. The first kappa shape index (κ1) is 16.9. The summed E-state index contributed by atoms with van der Waals surface area (Å²) in [6.07, 6.45) is 4.63. The number of unbranched alkanes of at least 4 members (excludes halogenated alkanes) is 3. The van der Waals surface area contributed by atoms with Crippen LogP contribution in [0.5, 0.6) is 0 Å². The first-order chi connectivity index (χ1) is 7.91. The fourth-order valence-electron chi connectivity index (χ4n) is 2.00. The van der Waals surface area contributed by atoms with Crippen LogP contribution in [0.2, 0.25) is 5.28 Å². The minimum absolute atomic E-state index is 0.0283. The van der Waals surface area contributed by atoms with Crippen LogP contribution in [0.4, 0.5) is 0 Å². The van der Waals surface area contributed by atoms with E-state index in [1.54, 1.807) is 0 Å². The molecule has 0 rings (SSSR count). The minimum Gasteiger partial charge on any atom is -0.320 e. The second-order valence-electron chi connectivity index (χ2n) is 5.52. The molecule has 2 nitrogen and oxygen atoms in total. The van der Waals surface area contributed by atoms with E-state index in [0.717, 1.165) is 18.1 Å². The molecular formula is C14H27AlO2. The van der Waals surface area contributed by atoms with Gasteiger partial charge in [-0.15, -0.1) is 0 Å². The van der Waals surface area contributed by atoms with Gasteiger partial charge in [0.15, 0.2) is 0 Å². The molecule has 0 aliphatic carbocycles. The number of carbonyl (C=O) groups excluding carboxylic acids is 2. The van der Waals surface area contributed by atoms with Crippen LogP contribution >= 0.6 is 0 Å². The second kappa shape index (κ2) is 8.89. The summed E-state index contributed by atoms with van der Waals surface area (Å²) in [5, 5.41) is 0.883. The van der Waals surface area contributed by atoms with Crippen molar-refractivity contribution in [2.75, 3.05) is 0 Å². The molecule has 0 fully saturated rings. The quantitative estimate of drug-likeness (QED) is 0.465. The lowest BCUT2D eigenvalue weighted by Crippen LogP contribution is -2.40. The highest BCUT2D eigenvalue weighted by molar-refractivity contribution is 7.11. The van der Waals surface area contributed by atoms with Gasteiger partial charge in [-0.25, -0.2) is 0 Å². The van der Waals surface area contributed by atoms with E-state index in [1.807, 2.05) is 27.7 Å². The van der Waals surface area contributed by atoms with Crippen molar-refractivity contribution in [3.8, 4) is 0 Å². The number of rotatable bonds is 9. The third kappa shape index (κ3) is 6.38. The molecule has 0 aromatic carbocycles. The summed E-state index contributed by atoms with van der Waals surface area (Å²) in [6.45, 7) is 9.85. The Hall–Kier alpha value is -0.128. The third-order valence-electron chi connectivity index (χ3n) is 3.17. The Morgan fingerprint density at radius 1 is 0.882 bits per heavy atom. The van der Waals surface area contributed by atoms with E-state index in [2.05, 4.69) is 6.92 Å². The molecule has 0 aromatic heterocycles. The van der Waals surface area contributed by atoms with Gasteiger partial charge < -0.3 is 9.59 Å². The smallest absolute Gasteiger partial charge is 0.320 e. The van der Waals surface area contributed by atoms with Crippen molar-refractivity contribution in [2.24, 2.45) is 11.8 Å². The van der Waals surface area contributed by atoms with E-state index in [9.17, 15) is 9.59 Å². The van der Waals surface area contributed by atoms with Crippen LogP contribution in [0, 0.1) is 11.8 Å². The van der Waals surface area contributed by atoms with Gasteiger partial charge in [0.1, 0.15) is 0 Å². The van der Waals surface area contributed by atoms with Crippen LogP contribution in [0.3, 0.4) is 0 Å². The average Bonchev–Trinajstić information content (AvgIpc) is 2.27. The Labute approximate surface area is 111 Å². The van der Waals surface area contributed by atoms with Crippen LogP contribution in [-0.4, -0.2) is 23.4 Å². The highest BCUT2D eigenvalue weighted by Gasteiger charge is 2.37. The van der Waals surface area contributed by atoms with Crippen molar-refractivity contribution in [2.45, 2.75) is 65.6 Å². The lowest BCUT2D eigenvalue weighted by atomic mass is 10.2. The molecule has 0 N–H and O–H groups in total. The summed E-state index contributed by atoms with van der Waals surface area (Å²) < 4.78 is 0.528. The van der Waals surface area contributed by atoms with Crippen LogP contribution in [-0.2, 0) is 9.59 Å². The Balaban J connectivity index is 4.41. The van der Waals surface area contributed by atoms with E-state index in [0.29, 0.717) is 0 Å². The lowest BCUT2D eigenvalue weighted by Gasteiger charge is -2.14. The van der Waals surface area contributed by atoms with Crippen LogP contribution in [0.15, 0.2) is 0 Å². The molecule has 0 atom stereocenters. The molecule has 0 unspecified atom stereocenters. The molecule has 0 aliphatic rings. The molecule has 0 saturated heterocycles. The van der Waals surface area contributed by atoms with Gasteiger partial charge in [-0.05, 0) is 11.8 Å². The zero-order valence-corrected chi connectivity index (χ0v) is 13.2. The van der Waals surface area contributed by atoms with E-state index >= 15 is 0 Å². The number of hydrogen-bond donors (Lipinski definition) is 0. The van der Waals surface area contributed by atoms with Gasteiger partial charge in [-0.1, -0.05) is 65.6 Å². The molecule has 0 bridgehead atoms. The Bertz CT molecular complexity index is 227. The highest BCUT2D eigenvalue weighted by Crippen LogP contribution is 2.14. The molecular weight excluding hydrogens is 227 g/mol. The maximum Gasteiger partial charge on any atom is 0.462 e. The topological polar surface area (TPSA) is 34.1 Å². The highest BCUT2D eigenvalue weighted by atomic mass is 27.2. The molecule has 0 saturated carbocycles. The molecule has 98 valence electrons. The summed E-state index contributed by atoms with van der Waals surface area (Å²) in [7, 11) is 0. The van der Waals surface area contributed by atoms with Crippen LogP contribution in [0.1, 0.15) is 60.3 Å². The van der Waals surface area contributed by atoms with Gasteiger partial charge in [0.25, 0.3) is 0 Å². The predicted octanol–water partition coefficient (Wildman–Crippen LogP) is 3.59. The van der Waals surface area contributed by atoms with Crippen molar-refractivity contribution >= 4 is 23.4 Å². The Morgan fingerprint density at radius 3 is 1.71 bits per heavy atom. The average molecular weight is 254 g/mol. The van der Waals surface area contributed by atoms with Crippen molar-refractivity contribution in [1.82, 2.24) is 0 Å². The van der Waals surface area contributed by atoms with Gasteiger partial charge in [0.05, 0.1) is 9.29 Å². The molecule has 0 aliphatic heterocycles. The summed E-state index contributed by atoms with van der Waals surface area (Å²) in [5.74, 6) is 0.0566. The van der Waals surface area contributed by atoms with Crippen molar-refractivity contribution in [3.05, 3.63) is 0 Å². The van der Waals surface area contributed by atoms with Gasteiger partial charge in [-0.2, -0.15) is 0 Å². The van der Waals surface area contributed by atoms with E-state index in [1.165, 1.54) is 12.8 Å². The Morgan fingerprint density at radius 2 is 1.35 bits per heavy atom. The zero-order valence-electron chi connectivity index (χ0n) is 12.1. The van der Waals surface area contributed by atoms with Crippen molar-refractivity contribution in [1.29, 1.82) is 0 Å². The first-order valence-corrected chi connectivity index (χ1v) is 8.96. The number of hydrogen-bond acceptors (Lipinski definition) is 2. The molecule has 0 spiro atoms. The van der Waals surface area contributed by atoms with Gasteiger partial charge in [0.2, 0.25) is 0 Å². The third-order valence-corrected chi connectivity index (χ3v) is 6.86. The van der Waals surface area contributed by atoms with Gasteiger partial charge >= 0.3 is 14.1 Å². The molecule has 17 heavy (non-hydrogen) atoms. The van der Waals surface area contributed by atoms with E-state index in [-0.39, 0.29) is 21.1 Å². The number of carbonyl (C=O) groups is 2. The lowest BCUT2D eigenvalue weighted by molar-refractivity contribution is -0.118. The van der Waals surface area contributed by atoms with Gasteiger partial charge in [-0.3, -0.25) is 0 Å². The van der Waals surface area contributed by atoms with Gasteiger partial charge in [0, 0.05) is 0 Å². The van der Waals surface area contributed by atoms with E-state index in [4.69, 9.17) is 0 Å². The van der Waals surface area contributed by atoms with Crippen LogP contribution < -0.4 is 0 Å². The molecule has 3 heteroatoms. The second-order valence-corrected chi connectivity index (χ2v) is 8.34. The fraction of sp³-hybridized carbons (Fsp3) is 0.857. The predicted molar refractivity (Wildman–Crippen MR) is 74.4 cm³/mol. The molecule has 0 radical (unpaired) electrons.